The lowest BCUT2D eigenvalue weighted by molar-refractivity contribution is 0.126. The molecule has 18 heavy (non-hydrogen) atoms. The molecule has 0 bridgehead atoms. The van der Waals surface area contributed by atoms with Crippen LogP contribution in [0, 0.1) is 5.82 Å². The lowest BCUT2D eigenvalue weighted by Crippen LogP contribution is -2.46. The Morgan fingerprint density at radius 3 is 2.39 bits per heavy atom. The van der Waals surface area contributed by atoms with Crippen molar-refractivity contribution in [2.45, 2.75) is 13.0 Å². The largest absolute Gasteiger partial charge is 0.330 e. The molecule has 0 amide bonds. The van der Waals surface area contributed by atoms with Gasteiger partial charge in [0, 0.05) is 38.3 Å². The van der Waals surface area contributed by atoms with Gasteiger partial charge >= 0.3 is 0 Å². The van der Waals surface area contributed by atoms with Crippen molar-refractivity contribution in [2.24, 2.45) is 5.73 Å². The molecule has 1 saturated heterocycles. The van der Waals surface area contributed by atoms with Crippen molar-refractivity contribution < 1.29 is 4.39 Å². The Balaban J connectivity index is 1.78. The highest BCUT2D eigenvalue weighted by Gasteiger charge is 2.17. The summed E-state index contributed by atoms with van der Waals surface area (Å²) in [5.74, 6) is -0.0944. The van der Waals surface area contributed by atoms with Gasteiger partial charge in [-0.25, -0.2) is 4.39 Å². The second-order valence-electron chi connectivity index (χ2n) is 4.85. The van der Waals surface area contributed by atoms with Crippen molar-refractivity contribution in [1.29, 1.82) is 0 Å². The molecule has 1 aromatic carbocycles. The molecule has 0 radical (unpaired) electrons. The zero-order valence-electron chi connectivity index (χ0n) is 10.8. The minimum Gasteiger partial charge on any atom is -0.330 e. The molecular weight excluding hydrogens is 229 g/mol. The molecule has 1 aliphatic heterocycles. The van der Waals surface area contributed by atoms with Crippen LogP contribution in [0.1, 0.15) is 12.0 Å². The fraction of sp³-hybridized carbons (Fsp3) is 0.571. The van der Waals surface area contributed by atoms with Crippen molar-refractivity contribution in [2.75, 3.05) is 39.3 Å². The van der Waals surface area contributed by atoms with E-state index < -0.39 is 0 Å². The van der Waals surface area contributed by atoms with Gasteiger partial charge in [0.05, 0.1) is 0 Å². The highest BCUT2D eigenvalue weighted by molar-refractivity contribution is 5.17. The van der Waals surface area contributed by atoms with E-state index in [9.17, 15) is 4.39 Å². The normalized spacial score (nSPS) is 18.1. The van der Waals surface area contributed by atoms with E-state index in [1.54, 1.807) is 6.07 Å². The maximum absolute atomic E-state index is 13.5. The molecule has 0 aromatic heterocycles. The van der Waals surface area contributed by atoms with Gasteiger partial charge in [-0.15, -0.1) is 0 Å². The minimum atomic E-state index is -0.0944. The molecular formula is C14H22FN3. The minimum absolute atomic E-state index is 0.0944. The molecule has 2 N–H and O–H groups in total. The van der Waals surface area contributed by atoms with Crippen LogP contribution in [0.3, 0.4) is 0 Å². The first-order valence-electron chi connectivity index (χ1n) is 6.68. The van der Waals surface area contributed by atoms with Crippen molar-refractivity contribution >= 4 is 0 Å². The third-order valence-corrected chi connectivity index (χ3v) is 3.50. The summed E-state index contributed by atoms with van der Waals surface area (Å²) in [6.07, 6.45) is 1.06. The highest BCUT2D eigenvalue weighted by Crippen LogP contribution is 2.11. The van der Waals surface area contributed by atoms with Crippen LogP contribution in [-0.4, -0.2) is 49.1 Å². The Hall–Kier alpha value is -0.970. The maximum atomic E-state index is 13.5. The van der Waals surface area contributed by atoms with Gasteiger partial charge in [0.15, 0.2) is 0 Å². The molecule has 0 atom stereocenters. The zero-order valence-corrected chi connectivity index (χ0v) is 10.8. The van der Waals surface area contributed by atoms with E-state index in [2.05, 4.69) is 9.80 Å². The number of nitrogens with zero attached hydrogens (tertiary/aromatic N) is 2. The Morgan fingerprint density at radius 1 is 1.06 bits per heavy atom. The third kappa shape index (κ3) is 3.77. The summed E-state index contributed by atoms with van der Waals surface area (Å²) < 4.78 is 13.5. The second-order valence-corrected chi connectivity index (χ2v) is 4.85. The SMILES string of the molecule is NCCCN1CCN(Cc2ccccc2F)CC1. The molecule has 3 nitrogen and oxygen atoms in total. The van der Waals surface area contributed by atoms with Gasteiger partial charge in [-0.05, 0) is 25.6 Å². The monoisotopic (exact) mass is 251 g/mol. The van der Waals surface area contributed by atoms with Gasteiger partial charge in [-0.3, -0.25) is 4.90 Å². The molecule has 0 spiro atoms. The molecule has 100 valence electrons. The Kier molecular flexibility index (Phi) is 5.11. The summed E-state index contributed by atoms with van der Waals surface area (Å²) >= 11 is 0. The average Bonchev–Trinajstić information content (AvgIpc) is 2.41. The van der Waals surface area contributed by atoms with Crippen LogP contribution in [0.5, 0.6) is 0 Å². The number of hydrogen-bond donors (Lipinski definition) is 1. The smallest absolute Gasteiger partial charge is 0.127 e. The molecule has 2 rings (SSSR count). The summed E-state index contributed by atoms with van der Waals surface area (Å²) in [5, 5.41) is 0. The molecule has 1 aromatic rings. The van der Waals surface area contributed by atoms with E-state index in [0.717, 1.165) is 57.8 Å². The topological polar surface area (TPSA) is 32.5 Å². The summed E-state index contributed by atoms with van der Waals surface area (Å²) in [7, 11) is 0. The predicted octanol–water partition coefficient (Wildman–Crippen LogP) is 1.29. The van der Waals surface area contributed by atoms with Crippen LogP contribution >= 0.6 is 0 Å². The van der Waals surface area contributed by atoms with Crippen molar-refractivity contribution in [3.05, 3.63) is 35.6 Å². The van der Waals surface area contributed by atoms with Gasteiger partial charge in [-0.2, -0.15) is 0 Å². The van der Waals surface area contributed by atoms with Crippen LogP contribution in [0.15, 0.2) is 24.3 Å². The molecule has 4 heteroatoms. The zero-order chi connectivity index (χ0) is 12.8. The fourth-order valence-electron chi connectivity index (χ4n) is 2.35. The number of nitrogens with two attached hydrogens (primary N) is 1. The summed E-state index contributed by atoms with van der Waals surface area (Å²) in [6.45, 7) is 6.72. The van der Waals surface area contributed by atoms with Gasteiger partial charge in [0.25, 0.3) is 0 Å². The average molecular weight is 251 g/mol. The van der Waals surface area contributed by atoms with E-state index in [1.807, 2.05) is 12.1 Å². The molecule has 1 aliphatic rings. The van der Waals surface area contributed by atoms with Crippen molar-refractivity contribution in [3.8, 4) is 0 Å². The molecule has 0 aliphatic carbocycles. The maximum Gasteiger partial charge on any atom is 0.127 e. The van der Waals surface area contributed by atoms with Crippen LogP contribution < -0.4 is 5.73 Å². The number of benzene rings is 1. The van der Waals surface area contributed by atoms with E-state index in [-0.39, 0.29) is 5.82 Å². The first kappa shape index (κ1) is 13.5. The first-order chi connectivity index (χ1) is 8.79. The van der Waals surface area contributed by atoms with E-state index >= 15 is 0 Å². The van der Waals surface area contributed by atoms with E-state index in [1.165, 1.54) is 6.07 Å². The fourth-order valence-corrected chi connectivity index (χ4v) is 2.35. The van der Waals surface area contributed by atoms with Crippen LogP contribution in [0.4, 0.5) is 4.39 Å². The van der Waals surface area contributed by atoms with Gasteiger partial charge in [-0.1, -0.05) is 18.2 Å². The quantitative estimate of drug-likeness (QED) is 0.856. The van der Waals surface area contributed by atoms with Crippen LogP contribution in [0.2, 0.25) is 0 Å². The van der Waals surface area contributed by atoms with Crippen LogP contribution in [0.25, 0.3) is 0 Å². The second kappa shape index (κ2) is 6.83. The van der Waals surface area contributed by atoms with E-state index in [0.29, 0.717) is 0 Å². The Labute approximate surface area is 108 Å². The Bertz CT molecular complexity index is 362. The summed E-state index contributed by atoms with van der Waals surface area (Å²) in [6, 6.07) is 7.04. The number of hydrogen-bond acceptors (Lipinski definition) is 3. The van der Waals surface area contributed by atoms with Gasteiger partial charge in [0.1, 0.15) is 5.82 Å². The third-order valence-electron chi connectivity index (χ3n) is 3.50. The molecule has 1 fully saturated rings. The summed E-state index contributed by atoms with van der Waals surface area (Å²) in [5.41, 5.74) is 6.31. The number of rotatable bonds is 5. The molecule has 0 saturated carbocycles. The number of piperazine rings is 1. The predicted molar refractivity (Wildman–Crippen MR) is 71.8 cm³/mol. The number of halogens is 1. The highest BCUT2D eigenvalue weighted by atomic mass is 19.1. The molecule has 0 unspecified atom stereocenters. The van der Waals surface area contributed by atoms with Crippen molar-refractivity contribution in [3.63, 3.8) is 0 Å². The van der Waals surface area contributed by atoms with E-state index in [4.69, 9.17) is 5.73 Å². The summed E-state index contributed by atoms with van der Waals surface area (Å²) in [4.78, 5) is 4.75. The lowest BCUT2D eigenvalue weighted by atomic mass is 10.2. The van der Waals surface area contributed by atoms with Gasteiger partial charge < -0.3 is 10.6 Å². The molecule has 1 heterocycles. The van der Waals surface area contributed by atoms with Gasteiger partial charge in [0.2, 0.25) is 0 Å². The van der Waals surface area contributed by atoms with Crippen LogP contribution in [-0.2, 0) is 6.54 Å². The van der Waals surface area contributed by atoms with Crippen molar-refractivity contribution in [1.82, 2.24) is 9.80 Å². The lowest BCUT2D eigenvalue weighted by Gasteiger charge is -2.34. The standard InChI is InChI=1S/C14H22FN3/c15-14-5-2-1-4-13(14)12-18-10-8-17(9-11-18)7-3-6-16/h1-2,4-5H,3,6-12,16H2. The Morgan fingerprint density at radius 2 is 1.72 bits per heavy atom. The first-order valence-corrected chi connectivity index (χ1v) is 6.68.